The highest BCUT2D eigenvalue weighted by atomic mass is 15.1. The summed E-state index contributed by atoms with van der Waals surface area (Å²) in [4.78, 5) is 4.67. The summed E-state index contributed by atoms with van der Waals surface area (Å²) in [6.07, 6.45) is 4.28. The Morgan fingerprint density at radius 1 is 1.11 bits per heavy atom. The van der Waals surface area contributed by atoms with Crippen molar-refractivity contribution in [3.63, 3.8) is 0 Å². The summed E-state index contributed by atoms with van der Waals surface area (Å²) in [5, 5.41) is 2.23. The van der Waals surface area contributed by atoms with E-state index in [1.54, 1.807) is 0 Å². The first-order valence-electron chi connectivity index (χ1n) is 6.72. The van der Waals surface area contributed by atoms with Gasteiger partial charge in [-0.15, -0.1) is 0 Å². The fourth-order valence-corrected chi connectivity index (χ4v) is 2.48. The van der Waals surface area contributed by atoms with E-state index in [0.29, 0.717) is 0 Å². The molecule has 0 radical (unpaired) electrons. The van der Waals surface area contributed by atoms with E-state index in [1.807, 2.05) is 13.0 Å². The van der Waals surface area contributed by atoms with Gasteiger partial charge in [-0.25, -0.2) is 4.98 Å². The highest BCUT2D eigenvalue weighted by molar-refractivity contribution is 5.48. The molecule has 0 bridgehead atoms. The second kappa shape index (κ2) is 5.04. The Balaban J connectivity index is 2.79. The molecule has 2 nitrogen and oxygen atoms in total. The molecule has 0 aliphatic rings. The van der Waals surface area contributed by atoms with Crippen LogP contribution in [0.15, 0.2) is 30.3 Å². The lowest BCUT2D eigenvalue weighted by Crippen LogP contribution is -2.38. The van der Waals surface area contributed by atoms with Crippen molar-refractivity contribution < 1.29 is 0 Å². The minimum Gasteiger partial charge on any atom is -0.323 e. The van der Waals surface area contributed by atoms with Gasteiger partial charge in [0.1, 0.15) is 5.82 Å². The average molecular weight is 254 g/mol. The number of hydrogen-bond donors (Lipinski definition) is 0. The molecule has 0 fully saturated rings. The first-order chi connectivity index (χ1) is 8.93. The summed E-state index contributed by atoms with van der Waals surface area (Å²) < 4.78 is 2.30. The van der Waals surface area contributed by atoms with Crippen molar-refractivity contribution in [2.45, 2.75) is 40.2 Å². The molecular formula is C17H22N2. The van der Waals surface area contributed by atoms with E-state index in [-0.39, 0.29) is 5.54 Å². The van der Waals surface area contributed by atoms with E-state index in [2.05, 4.69) is 73.7 Å². The maximum Gasteiger partial charge on any atom is 0.107 e. The molecule has 0 unspecified atom stereocenters. The van der Waals surface area contributed by atoms with Crippen LogP contribution < -0.4 is 10.7 Å². The fourth-order valence-electron chi connectivity index (χ4n) is 2.48. The predicted molar refractivity (Wildman–Crippen MR) is 81.4 cm³/mol. The van der Waals surface area contributed by atoms with Gasteiger partial charge in [0.25, 0.3) is 0 Å². The first kappa shape index (κ1) is 13.6. The van der Waals surface area contributed by atoms with Crippen LogP contribution in [0.25, 0.3) is 12.2 Å². The maximum atomic E-state index is 4.67. The average Bonchev–Trinajstić information content (AvgIpc) is 2.66. The van der Waals surface area contributed by atoms with Gasteiger partial charge in [0.05, 0.1) is 10.7 Å². The molecule has 0 saturated heterocycles. The van der Waals surface area contributed by atoms with Gasteiger partial charge in [-0.3, -0.25) is 0 Å². The quantitative estimate of drug-likeness (QED) is 0.765. The van der Waals surface area contributed by atoms with Crippen LogP contribution in [-0.4, -0.2) is 9.55 Å². The molecule has 100 valence electrons. The Morgan fingerprint density at radius 2 is 1.74 bits per heavy atom. The van der Waals surface area contributed by atoms with Gasteiger partial charge in [-0.1, -0.05) is 36.4 Å². The monoisotopic (exact) mass is 254 g/mol. The molecule has 2 rings (SSSR count). The molecule has 0 aliphatic carbocycles. The third-order valence-corrected chi connectivity index (χ3v) is 3.16. The smallest absolute Gasteiger partial charge is 0.107 e. The molecule has 0 amide bonds. The number of hydrogen-bond acceptors (Lipinski definition) is 1. The molecule has 1 aromatic carbocycles. The molecule has 0 atom stereocenters. The van der Waals surface area contributed by atoms with Crippen LogP contribution in [0.4, 0.5) is 0 Å². The standard InChI is InChI=1S/C17H22N2/c1-6-15-16(12-14-10-8-7-9-11-14)19(13(2)18-15)17(3,4)5/h6-12H,1-5H3/b15-6+,16-12+. The largest absolute Gasteiger partial charge is 0.323 e. The Kier molecular flexibility index (Phi) is 3.61. The minimum atomic E-state index is 0.0267. The Labute approximate surface area is 115 Å². The van der Waals surface area contributed by atoms with Crippen molar-refractivity contribution in [2.24, 2.45) is 0 Å². The van der Waals surface area contributed by atoms with E-state index >= 15 is 0 Å². The van der Waals surface area contributed by atoms with Gasteiger partial charge in [0.15, 0.2) is 0 Å². The molecule has 0 saturated carbocycles. The van der Waals surface area contributed by atoms with Crippen molar-refractivity contribution in [1.29, 1.82) is 0 Å². The summed E-state index contributed by atoms with van der Waals surface area (Å²) >= 11 is 0. The lowest BCUT2D eigenvalue weighted by molar-refractivity contribution is 0.379. The Hall–Kier alpha value is -1.83. The zero-order chi connectivity index (χ0) is 14.0. The normalized spacial score (nSPS) is 14.2. The molecular weight excluding hydrogens is 232 g/mol. The molecule has 1 aromatic heterocycles. The van der Waals surface area contributed by atoms with Crippen molar-refractivity contribution in [2.75, 3.05) is 0 Å². The molecule has 1 heterocycles. The highest BCUT2D eigenvalue weighted by Crippen LogP contribution is 2.12. The highest BCUT2D eigenvalue weighted by Gasteiger charge is 2.17. The van der Waals surface area contributed by atoms with Crippen molar-refractivity contribution in [3.8, 4) is 0 Å². The van der Waals surface area contributed by atoms with Gasteiger partial charge in [-0.2, -0.15) is 0 Å². The van der Waals surface area contributed by atoms with Crippen LogP contribution in [0.5, 0.6) is 0 Å². The summed E-state index contributed by atoms with van der Waals surface area (Å²) in [5.41, 5.74) is 1.23. The van der Waals surface area contributed by atoms with Crippen LogP contribution in [-0.2, 0) is 5.54 Å². The Morgan fingerprint density at radius 3 is 2.26 bits per heavy atom. The lowest BCUT2D eigenvalue weighted by Gasteiger charge is -2.23. The Bertz CT molecular complexity index is 671. The van der Waals surface area contributed by atoms with Gasteiger partial charge in [0, 0.05) is 5.54 Å². The van der Waals surface area contributed by atoms with Crippen molar-refractivity contribution in [1.82, 2.24) is 9.55 Å². The van der Waals surface area contributed by atoms with E-state index in [1.165, 1.54) is 10.9 Å². The van der Waals surface area contributed by atoms with Gasteiger partial charge < -0.3 is 4.57 Å². The van der Waals surface area contributed by atoms with Gasteiger partial charge in [-0.05, 0) is 46.3 Å². The van der Waals surface area contributed by atoms with E-state index < -0.39 is 0 Å². The number of aromatic nitrogens is 2. The van der Waals surface area contributed by atoms with Crippen molar-refractivity contribution >= 4 is 12.2 Å². The second-order valence-electron chi connectivity index (χ2n) is 5.78. The zero-order valence-corrected chi connectivity index (χ0v) is 12.4. The molecule has 19 heavy (non-hydrogen) atoms. The maximum absolute atomic E-state index is 4.67. The first-order valence-corrected chi connectivity index (χ1v) is 6.72. The number of nitrogens with zero attached hydrogens (tertiary/aromatic N) is 2. The van der Waals surface area contributed by atoms with E-state index in [4.69, 9.17) is 0 Å². The van der Waals surface area contributed by atoms with E-state index in [0.717, 1.165) is 11.2 Å². The molecule has 2 heteroatoms. The number of aryl methyl sites for hydroxylation is 1. The molecule has 0 spiro atoms. The third kappa shape index (κ3) is 2.78. The third-order valence-electron chi connectivity index (χ3n) is 3.16. The summed E-state index contributed by atoms with van der Waals surface area (Å²) in [6, 6.07) is 10.4. The van der Waals surface area contributed by atoms with Crippen LogP contribution in [0.3, 0.4) is 0 Å². The minimum absolute atomic E-state index is 0.0267. The lowest BCUT2D eigenvalue weighted by atomic mass is 10.1. The number of rotatable bonds is 1. The topological polar surface area (TPSA) is 17.8 Å². The second-order valence-corrected chi connectivity index (χ2v) is 5.78. The van der Waals surface area contributed by atoms with Gasteiger partial charge >= 0.3 is 0 Å². The molecule has 2 aromatic rings. The molecule has 0 N–H and O–H groups in total. The van der Waals surface area contributed by atoms with Crippen LogP contribution in [0.1, 0.15) is 39.1 Å². The zero-order valence-electron chi connectivity index (χ0n) is 12.4. The van der Waals surface area contributed by atoms with Crippen LogP contribution in [0, 0.1) is 6.92 Å². The van der Waals surface area contributed by atoms with Crippen LogP contribution in [0.2, 0.25) is 0 Å². The molecule has 0 aliphatic heterocycles. The fraction of sp³-hybridized carbons (Fsp3) is 0.353. The predicted octanol–water partition coefficient (Wildman–Crippen LogP) is 2.58. The van der Waals surface area contributed by atoms with Crippen LogP contribution >= 0.6 is 0 Å². The summed E-state index contributed by atoms with van der Waals surface area (Å²) in [7, 11) is 0. The summed E-state index contributed by atoms with van der Waals surface area (Å²) in [6.45, 7) is 10.7. The SMILES string of the molecule is C/C=c1/nc(C)n(C(C)(C)C)/c1=C/c1ccccc1. The summed E-state index contributed by atoms with van der Waals surface area (Å²) in [5.74, 6) is 1.06. The van der Waals surface area contributed by atoms with Crippen molar-refractivity contribution in [3.05, 3.63) is 52.4 Å². The van der Waals surface area contributed by atoms with Gasteiger partial charge in [0.2, 0.25) is 0 Å². The number of benzene rings is 1. The van der Waals surface area contributed by atoms with E-state index in [9.17, 15) is 0 Å². The number of imidazole rings is 1.